The number of nitrogen functional groups attached to an aromatic ring is 1. The van der Waals surface area contributed by atoms with Crippen LogP contribution >= 0.6 is 0 Å². The molecule has 7 heteroatoms. The van der Waals surface area contributed by atoms with Crippen LogP contribution in [-0.2, 0) is 0 Å². The summed E-state index contributed by atoms with van der Waals surface area (Å²) < 4.78 is 0. The van der Waals surface area contributed by atoms with Crippen molar-refractivity contribution >= 4 is 22.9 Å². The van der Waals surface area contributed by atoms with Gasteiger partial charge in [-0.15, -0.1) is 0 Å². The Kier molecular flexibility index (Phi) is 3.25. The van der Waals surface area contributed by atoms with Crippen molar-refractivity contribution in [2.75, 3.05) is 31.2 Å². The Balaban J connectivity index is 1.84. The topological polar surface area (TPSA) is 95.7 Å². The van der Waals surface area contributed by atoms with Gasteiger partial charge in [0, 0.05) is 25.8 Å². The number of likely N-dealkylation sites (N-methyl/N-ethyl adjacent to an activating group) is 1. The Labute approximate surface area is 123 Å². The van der Waals surface area contributed by atoms with Crippen LogP contribution in [0.25, 0.3) is 11.2 Å². The van der Waals surface area contributed by atoms with E-state index in [1.807, 2.05) is 0 Å². The normalized spacial score (nSPS) is 15.6. The van der Waals surface area contributed by atoms with Gasteiger partial charge in [-0.05, 0) is 31.1 Å². The number of H-pyrrole nitrogens is 1. The lowest BCUT2D eigenvalue weighted by Crippen LogP contribution is -2.26. The quantitative estimate of drug-likeness (QED) is 0.791. The Morgan fingerprint density at radius 3 is 3.00 bits per heavy atom. The second-order valence-electron chi connectivity index (χ2n) is 5.31. The average molecular weight is 285 g/mol. The van der Waals surface area contributed by atoms with Gasteiger partial charge < -0.3 is 20.9 Å². The number of hydrogen-bond donors (Lipinski definition) is 3. The lowest BCUT2D eigenvalue weighted by atomic mass is 10.0. The molecular formula is C14H19N7. The predicted octanol–water partition coefficient (Wildman–Crippen LogP) is 1.51. The van der Waals surface area contributed by atoms with Crippen molar-refractivity contribution in [2.24, 2.45) is 0 Å². The number of imidazole rings is 1. The Bertz CT molecular complexity index is 741. The van der Waals surface area contributed by atoms with Crippen molar-refractivity contribution in [1.82, 2.24) is 24.8 Å². The molecule has 3 rings (SSSR count). The first kappa shape index (κ1) is 13.4. The molecule has 21 heavy (non-hydrogen) atoms. The van der Waals surface area contributed by atoms with Gasteiger partial charge in [0.15, 0.2) is 11.5 Å². The van der Waals surface area contributed by atoms with Crippen molar-refractivity contribution in [2.45, 2.75) is 13.8 Å². The summed E-state index contributed by atoms with van der Waals surface area (Å²) in [4.78, 5) is 17.7. The summed E-state index contributed by atoms with van der Waals surface area (Å²) in [5.41, 5.74) is 11.0. The summed E-state index contributed by atoms with van der Waals surface area (Å²) in [6, 6.07) is 0. The van der Waals surface area contributed by atoms with Gasteiger partial charge in [0.25, 0.3) is 0 Å². The molecule has 3 heterocycles. The van der Waals surface area contributed by atoms with E-state index in [-0.39, 0.29) is 5.95 Å². The molecule has 0 fully saturated rings. The van der Waals surface area contributed by atoms with Crippen molar-refractivity contribution in [3.8, 4) is 0 Å². The van der Waals surface area contributed by atoms with Crippen LogP contribution in [0.4, 0.5) is 11.8 Å². The first-order valence-corrected chi connectivity index (χ1v) is 6.83. The first-order chi connectivity index (χ1) is 10.0. The van der Waals surface area contributed by atoms with Crippen molar-refractivity contribution in [3.05, 3.63) is 29.2 Å². The molecule has 110 valence electrons. The number of nitrogens with two attached hydrogens (primary N) is 1. The molecule has 0 atom stereocenters. The van der Waals surface area contributed by atoms with Crippen LogP contribution in [0.5, 0.6) is 0 Å². The zero-order chi connectivity index (χ0) is 15.0. The molecule has 0 amide bonds. The van der Waals surface area contributed by atoms with Gasteiger partial charge in [-0.2, -0.15) is 9.97 Å². The van der Waals surface area contributed by atoms with E-state index in [1.165, 1.54) is 16.8 Å². The van der Waals surface area contributed by atoms with E-state index < -0.39 is 0 Å². The minimum atomic E-state index is 0.222. The van der Waals surface area contributed by atoms with E-state index in [0.717, 1.165) is 12.1 Å². The molecule has 0 aromatic carbocycles. The molecule has 1 aliphatic heterocycles. The summed E-state index contributed by atoms with van der Waals surface area (Å²) in [5, 5.41) is 3.33. The van der Waals surface area contributed by atoms with E-state index >= 15 is 0 Å². The molecule has 0 saturated heterocycles. The van der Waals surface area contributed by atoms with Gasteiger partial charge in [-0.3, -0.25) is 0 Å². The first-order valence-electron chi connectivity index (χ1n) is 6.83. The maximum absolute atomic E-state index is 5.71. The fraction of sp³-hybridized carbons (Fsp3) is 0.357. The molecule has 0 unspecified atom stereocenters. The number of anilines is 2. The fourth-order valence-electron chi connectivity index (χ4n) is 2.42. The van der Waals surface area contributed by atoms with E-state index in [0.29, 0.717) is 18.0 Å². The highest BCUT2D eigenvalue weighted by atomic mass is 15.1. The van der Waals surface area contributed by atoms with Crippen LogP contribution < -0.4 is 11.1 Å². The van der Waals surface area contributed by atoms with Gasteiger partial charge in [0.05, 0.1) is 6.33 Å². The molecule has 2 aromatic rings. The van der Waals surface area contributed by atoms with Gasteiger partial charge in [0.1, 0.15) is 5.52 Å². The Hall–Kier alpha value is -2.57. The van der Waals surface area contributed by atoms with E-state index in [4.69, 9.17) is 5.73 Å². The third-order valence-electron chi connectivity index (χ3n) is 3.79. The molecule has 0 aliphatic carbocycles. The summed E-state index contributed by atoms with van der Waals surface area (Å²) in [6.45, 7) is 5.87. The van der Waals surface area contributed by atoms with Crippen LogP contribution in [0.3, 0.4) is 0 Å². The van der Waals surface area contributed by atoms with E-state index in [2.05, 4.69) is 57.1 Å². The molecule has 0 bridgehead atoms. The number of hydrogen-bond acceptors (Lipinski definition) is 6. The highest BCUT2D eigenvalue weighted by molar-refractivity contribution is 5.83. The Morgan fingerprint density at radius 1 is 1.38 bits per heavy atom. The van der Waals surface area contributed by atoms with Gasteiger partial charge >= 0.3 is 0 Å². The smallest absolute Gasteiger partial charge is 0.224 e. The second-order valence-corrected chi connectivity index (χ2v) is 5.31. The monoisotopic (exact) mass is 285 g/mol. The molecular weight excluding hydrogens is 266 g/mol. The molecule has 2 aromatic heterocycles. The number of rotatable bonds is 3. The van der Waals surface area contributed by atoms with Crippen molar-refractivity contribution in [3.63, 3.8) is 0 Å². The van der Waals surface area contributed by atoms with Crippen LogP contribution in [0.1, 0.15) is 13.8 Å². The zero-order valence-electron chi connectivity index (χ0n) is 12.4. The Morgan fingerprint density at radius 2 is 2.19 bits per heavy atom. The molecule has 7 nitrogen and oxygen atoms in total. The molecule has 4 N–H and O–H groups in total. The highest BCUT2D eigenvalue weighted by Gasteiger charge is 2.14. The SMILES string of the molecule is CC1=CC(C)=C(CNc2nc(N)nc3nc[nH]c23)CN1C. The predicted molar refractivity (Wildman–Crippen MR) is 83.7 cm³/mol. The number of fused-ring (bicyclic) bond motifs is 1. The number of nitrogens with one attached hydrogen (secondary N) is 2. The third kappa shape index (κ3) is 2.54. The minimum Gasteiger partial charge on any atom is -0.374 e. The summed E-state index contributed by atoms with van der Waals surface area (Å²) >= 11 is 0. The van der Waals surface area contributed by atoms with Crippen LogP contribution in [0.2, 0.25) is 0 Å². The lowest BCUT2D eigenvalue weighted by Gasteiger charge is -2.27. The number of allylic oxidation sites excluding steroid dienone is 3. The van der Waals surface area contributed by atoms with Crippen molar-refractivity contribution < 1.29 is 0 Å². The third-order valence-corrected chi connectivity index (χ3v) is 3.79. The standard InChI is InChI=1S/C14H19N7/c1-8-4-9(2)21(3)6-10(8)5-16-12-11-13(18-7-17-11)20-14(15)19-12/h4,7H,5-6H2,1-3H3,(H4,15,16,17,18,19,20). The molecule has 0 radical (unpaired) electrons. The van der Waals surface area contributed by atoms with Gasteiger partial charge in [-0.1, -0.05) is 0 Å². The number of aromatic nitrogens is 4. The van der Waals surface area contributed by atoms with Gasteiger partial charge in [-0.25, -0.2) is 4.98 Å². The molecule has 0 saturated carbocycles. The number of aromatic amines is 1. The number of nitrogens with zero attached hydrogens (tertiary/aromatic N) is 4. The van der Waals surface area contributed by atoms with E-state index in [9.17, 15) is 0 Å². The maximum Gasteiger partial charge on any atom is 0.224 e. The largest absolute Gasteiger partial charge is 0.374 e. The molecule has 1 aliphatic rings. The van der Waals surface area contributed by atoms with Crippen LogP contribution in [-0.4, -0.2) is 45.0 Å². The average Bonchev–Trinajstić information content (AvgIpc) is 2.89. The van der Waals surface area contributed by atoms with E-state index in [1.54, 1.807) is 6.33 Å². The summed E-state index contributed by atoms with van der Waals surface area (Å²) in [7, 11) is 2.09. The van der Waals surface area contributed by atoms with Crippen LogP contribution in [0, 0.1) is 0 Å². The highest BCUT2D eigenvalue weighted by Crippen LogP contribution is 2.21. The van der Waals surface area contributed by atoms with Crippen LogP contribution in [0.15, 0.2) is 29.2 Å². The summed E-state index contributed by atoms with van der Waals surface area (Å²) in [6.07, 6.45) is 3.79. The molecule has 0 spiro atoms. The van der Waals surface area contributed by atoms with Gasteiger partial charge in [0.2, 0.25) is 5.95 Å². The lowest BCUT2D eigenvalue weighted by molar-refractivity contribution is 0.443. The zero-order valence-corrected chi connectivity index (χ0v) is 12.4. The summed E-state index contributed by atoms with van der Waals surface area (Å²) in [5.74, 6) is 0.906. The fourth-order valence-corrected chi connectivity index (χ4v) is 2.42. The maximum atomic E-state index is 5.71. The van der Waals surface area contributed by atoms with Crippen molar-refractivity contribution in [1.29, 1.82) is 0 Å². The second kappa shape index (κ2) is 5.08. The minimum absolute atomic E-state index is 0.222.